The van der Waals surface area contributed by atoms with Crippen LogP contribution in [-0.2, 0) is 14.4 Å². The SMILES string of the molecule is CC(=O)CN1CCC(c2ccc(NC3CCC(=O)NC3=O)cc2)CC1. The van der Waals surface area contributed by atoms with Crippen LogP contribution in [0.5, 0.6) is 0 Å². The molecule has 0 bridgehead atoms. The molecule has 0 aliphatic carbocycles. The molecule has 3 rings (SSSR count). The van der Waals surface area contributed by atoms with E-state index in [0.717, 1.165) is 31.6 Å². The molecule has 0 saturated carbocycles. The lowest BCUT2D eigenvalue weighted by atomic mass is 9.89. The topological polar surface area (TPSA) is 78.5 Å². The molecular formula is C19H25N3O3. The summed E-state index contributed by atoms with van der Waals surface area (Å²) in [5.74, 6) is 0.294. The van der Waals surface area contributed by atoms with Crippen LogP contribution in [0.25, 0.3) is 0 Å². The number of hydrogen-bond donors (Lipinski definition) is 2. The number of ketones is 1. The highest BCUT2D eigenvalue weighted by atomic mass is 16.2. The number of piperidine rings is 2. The summed E-state index contributed by atoms with van der Waals surface area (Å²) in [7, 11) is 0. The first kappa shape index (κ1) is 17.6. The summed E-state index contributed by atoms with van der Waals surface area (Å²) in [6.07, 6.45) is 3.03. The van der Waals surface area contributed by atoms with Crippen LogP contribution in [0, 0.1) is 0 Å². The van der Waals surface area contributed by atoms with E-state index >= 15 is 0 Å². The predicted octanol–water partition coefficient (Wildman–Crippen LogP) is 1.67. The van der Waals surface area contributed by atoms with Gasteiger partial charge in [0.25, 0.3) is 0 Å². The minimum Gasteiger partial charge on any atom is -0.374 e. The maximum absolute atomic E-state index is 11.8. The predicted molar refractivity (Wildman–Crippen MR) is 95.3 cm³/mol. The Labute approximate surface area is 148 Å². The van der Waals surface area contributed by atoms with Gasteiger partial charge in [-0.1, -0.05) is 12.1 Å². The van der Waals surface area contributed by atoms with Crippen molar-refractivity contribution < 1.29 is 14.4 Å². The van der Waals surface area contributed by atoms with Crippen LogP contribution in [0.1, 0.15) is 44.1 Å². The first-order valence-corrected chi connectivity index (χ1v) is 8.93. The monoisotopic (exact) mass is 343 g/mol. The van der Waals surface area contributed by atoms with Crippen LogP contribution in [0.4, 0.5) is 5.69 Å². The van der Waals surface area contributed by atoms with Gasteiger partial charge in [-0.25, -0.2) is 0 Å². The summed E-state index contributed by atoms with van der Waals surface area (Å²) in [6.45, 7) is 4.11. The van der Waals surface area contributed by atoms with Gasteiger partial charge in [0.05, 0.1) is 6.54 Å². The normalized spacial score (nSPS) is 22.5. The number of benzene rings is 1. The van der Waals surface area contributed by atoms with E-state index in [0.29, 0.717) is 25.3 Å². The number of imide groups is 1. The fraction of sp³-hybridized carbons (Fsp3) is 0.526. The van der Waals surface area contributed by atoms with Crippen LogP contribution < -0.4 is 10.6 Å². The first-order valence-electron chi connectivity index (χ1n) is 8.93. The van der Waals surface area contributed by atoms with Crippen LogP contribution in [0.15, 0.2) is 24.3 Å². The quantitative estimate of drug-likeness (QED) is 0.795. The third-order valence-corrected chi connectivity index (χ3v) is 5.00. The Morgan fingerprint density at radius 3 is 2.44 bits per heavy atom. The molecule has 6 heteroatoms. The Morgan fingerprint density at radius 1 is 1.16 bits per heavy atom. The second-order valence-electron chi connectivity index (χ2n) is 7.02. The van der Waals surface area contributed by atoms with E-state index in [1.165, 1.54) is 5.56 Å². The molecule has 2 heterocycles. The van der Waals surface area contributed by atoms with Gasteiger partial charge in [0.1, 0.15) is 11.8 Å². The van der Waals surface area contributed by atoms with Gasteiger partial charge in [0.15, 0.2) is 0 Å². The molecule has 1 atom stereocenters. The molecule has 0 spiro atoms. The van der Waals surface area contributed by atoms with Gasteiger partial charge in [0.2, 0.25) is 11.8 Å². The molecule has 1 aromatic rings. The Kier molecular flexibility index (Phi) is 5.48. The van der Waals surface area contributed by atoms with Gasteiger partial charge in [-0.05, 0) is 62.9 Å². The Morgan fingerprint density at radius 2 is 1.84 bits per heavy atom. The number of amides is 2. The molecule has 1 aromatic carbocycles. The van der Waals surface area contributed by atoms with Gasteiger partial charge in [-0.15, -0.1) is 0 Å². The molecule has 0 aromatic heterocycles. The summed E-state index contributed by atoms with van der Waals surface area (Å²) < 4.78 is 0. The third-order valence-electron chi connectivity index (χ3n) is 5.00. The Hall–Kier alpha value is -2.21. The smallest absolute Gasteiger partial charge is 0.249 e. The number of nitrogens with one attached hydrogen (secondary N) is 2. The molecule has 6 nitrogen and oxygen atoms in total. The average Bonchev–Trinajstić information content (AvgIpc) is 2.58. The van der Waals surface area contributed by atoms with Gasteiger partial charge >= 0.3 is 0 Å². The maximum Gasteiger partial charge on any atom is 0.249 e. The molecule has 134 valence electrons. The van der Waals surface area contributed by atoms with Gasteiger partial charge < -0.3 is 5.32 Å². The number of hydrogen-bond acceptors (Lipinski definition) is 5. The minimum absolute atomic E-state index is 0.200. The van der Waals surface area contributed by atoms with Gasteiger partial charge in [-0.2, -0.15) is 0 Å². The molecule has 2 N–H and O–H groups in total. The summed E-state index contributed by atoms with van der Waals surface area (Å²) in [6, 6.07) is 7.87. The molecule has 2 amide bonds. The second-order valence-corrected chi connectivity index (χ2v) is 7.02. The van der Waals surface area contributed by atoms with Crippen molar-refractivity contribution in [1.29, 1.82) is 0 Å². The van der Waals surface area contributed by atoms with E-state index in [-0.39, 0.29) is 23.6 Å². The average molecular weight is 343 g/mol. The summed E-state index contributed by atoms with van der Waals surface area (Å²) in [5, 5.41) is 5.56. The van der Waals surface area contributed by atoms with Crippen molar-refractivity contribution in [2.45, 2.75) is 44.6 Å². The highest BCUT2D eigenvalue weighted by Crippen LogP contribution is 2.29. The second kappa shape index (κ2) is 7.78. The van der Waals surface area contributed by atoms with Crippen molar-refractivity contribution in [3.8, 4) is 0 Å². The highest BCUT2D eigenvalue weighted by Gasteiger charge is 2.26. The Bertz CT molecular complexity index is 648. The third kappa shape index (κ3) is 4.66. The van der Waals surface area contributed by atoms with Crippen molar-refractivity contribution in [1.82, 2.24) is 10.2 Å². The zero-order valence-electron chi connectivity index (χ0n) is 14.6. The largest absolute Gasteiger partial charge is 0.374 e. The maximum atomic E-state index is 11.8. The number of carbonyl (C=O) groups is 3. The fourth-order valence-corrected chi connectivity index (χ4v) is 3.62. The number of rotatable bonds is 5. The lowest BCUT2D eigenvalue weighted by molar-refractivity contribution is -0.133. The molecule has 25 heavy (non-hydrogen) atoms. The standard InChI is InChI=1S/C19H25N3O3/c1-13(23)12-22-10-8-15(9-11-22)14-2-4-16(5-3-14)20-17-6-7-18(24)21-19(17)25/h2-5,15,17,20H,6-12H2,1H3,(H,21,24,25). The molecule has 1 unspecified atom stereocenters. The Balaban J connectivity index is 1.53. The molecular weight excluding hydrogens is 318 g/mol. The first-order chi connectivity index (χ1) is 12.0. The van der Waals surface area contributed by atoms with Crippen LogP contribution in [0.3, 0.4) is 0 Å². The van der Waals surface area contributed by atoms with Crippen molar-refractivity contribution in [2.24, 2.45) is 0 Å². The van der Waals surface area contributed by atoms with Crippen LogP contribution in [-0.4, -0.2) is 48.2 Å². The van der Waals surface area contributed by atoms with Crippen molar-refractivity contribution in [2.75, 3.05) is 25.0 Å². The fourth-order valence-electron chi connectivity index (χ4n) is 3.62. The zero-order valence-corrected chi connectivity index (χ0v) is 14.6. The lowest BCUT2D eigenvalue weighted by Gasteiger charge is -2.31. The molecule has 2 aliphatic heterocycles. The van der Waals surface area contributed by atoms with Gasteiger partial charge in [0, 0.05) is 12.1 Å². The minimum atomic E-state index is -0.349. The number of anilines is 1. The zero-order chi connectivity index (χ0) is 17.8. The number of nitrogens with zero attached hydrogens (tertiary/aromatic N) is 1. The van der Waals surface area contributed by atoms with Crippen LogP contribution >= 0.6 is 0 Å². The van der Waals surface area contributed by atoms with Gasteiger partial charge in [-0.3, -0.25) is 24.6 Å². The lowest BCUT2D eigenvalue weighted by Crippen LogP contribution is -2.47. The van der Waals surface area contributed by atoms with E-state index in [4.69, 9.17) is 0 Å². The number of likely N-dealkylation sites (tertiary alicyclic amines) is 1. The van der Waals surface area contributed by atoms with Crippen molar-refractivity contribution >= 4 is 23.3 Å². The van der Waals surface area contributed by atoms with E-state index in [9.17, 15) is 14.4 Å². The number of carbonyl (C=O) groups excluding carboxylic acids is 3. The highest BCUT2D eigenvalue weighted by molar-refractivity contribution is 6.01. The van der Waals surface area contributed by atoms with Crippen molar-refractivity contribution in [3.63, 3.8) is 0 Å². The van der Waals surface area contributed by atoms with Crippen LogP contribution in [0.2, 0.25) is 0 Å². The van der Waals surface area contributed by atoms with E-state index in [1.807, 2.05) is 12.1 Å². The van der Waals surface area contributed by atoms with E-state index in [2.05, 4.69) is 27.7 Å². The summed E-state index contributed by atoms with van der Waals surface area (Å²) >= 11 is 0. The summed E-state index contributed by atoms with van der Waals surface area (Å²) in [4.78, 5) is 36.4. The number of Topliss-reactive ketones (excluding diaryl/α,β-unsaturated/α-hetero) is 1. The van der Waals surface area contributed by atoms with Crippen molar-refractivity contribution in [3.05, 3.63) is 29.8 Å². The molecule has 0 radical (unpaired) electrons. The summed E-state index contributed by atoms with van der Waals surface area (Å²) in [5.41, 5.74) is 2.20. The molecule has 2 aliphatic rings. The van der Waals surface area contributed by atoms with E-state index in [1.54, 1.807) is 6.92 Å². The van der Waals surface area contributed by atoms with E-state index < -0.39 is 0 Å². The molecule has 2 saturated heterocycles. The molecule has 2 fully saturated rings.